The molecule has 13 heavy (non-hydrogen) atoms. The van der Waals surface area contributed by atoms with Crippen LogP contribution in [0, 0.1) is 0 Å². The molecular weight excluding hydrogens is 296 g/mol. The number of hydrogen-bond acceptors (Lipinski definition) is 2. The summed E-state index contributed by atoms with van der Waals surface area (Å²) in [6.07, 6.45) is 4.90. The van der Waals surface area contributed by atoms with E-state index < -0.39 is 0 Å². The smallest absolute Gasteiger partial charge is 0.0592 e. The lowest BCUT2D eigenvalue weighted by atomic mass is 10.4. The minimum atomic E-state index is 0.632. The van der Waals surface area contributed by atoms with Gasteiger partial charge < -0.3 is 4.90 Å². The zero-order chi connectivity index (χ0) is 9.26. The molecule has 1 unspecified atom stereocenters. The fraction of sp³-hybridized carbons (Fsp3) is 0.444. The van der Waals surface area contributed by atoms with E-state index in [-0.39, 0.29) is 0 Å². The van der Waals surface area contributed by atoms with Crippen LogP contribution in [0.2, 0.25) is 0 Å². The summed E-state index contributed by atoms with van der Waals surface area (Å²) in [4.78, 5) is 7.05. The van der Waals surface area contributed by atoms with Gasteiger partial charge in [0.15, 0.2) is 0 Å². The van der Waals surface area contributed by atoms with Crippen LogP contribution in [-0.2, 0) is 0 Å². The molecule has 1 fully saturated rings. The van der Waals surface area contributed by atoms with Gasteiger partial charge in [-0.3, -0.25) is 4.98 Å². The Hall–Kier alpha value is -0.0900. The summed E-state index contributed by atoms with van der Waals surface area (Å²) in [5.74, 6) is 0. The van der Waals surface area contributed by atoms with Crippen LogP contribution in [0.25, 0.3) is 0 Å². The normalized spacial score (nSPS) is 22.3. The van der Waals surface area contributed by atoms with Gasteiger partial charge in [-0.15, -0.1) is 0 Å². The molecule has 0 spiro atoms. The highest BCUT2D eigenvalue weighted by Crippen LogP contribution is 2.29. The predicted molar refractivity (Wildman–Crippen MR) is 61.5 cm³/mol. The van der Waals surface area contributed by atoms with Gasteiger partial charge in [0.25, 0.3) is 0 Å². The highest BCUT2D eigenvalue weighted by atomic mass is 79.9. The van der Waals surface area contributed by atoms with Crippen LogP contribution < -0.4 is 4.90 Å². The van der Waals surface area contributed by atoms with E-state index in [0.29, 0.717) is 4.83 Å². The summed E-state index contributed by atoms with van der Waals surface area (Å²) in [7, 11) is 0. The van der Waals surface area contributed by atoms with E-state index in [4.69, 9.17) is 0 Å². The molecule has 2 heterocycles. The van der Waals surface area contributed by atoms with E-state index in [9.17, 15) is 0 Å². The second-order valence-corrected chi connectivity index (χ2v) is 5.31. The van der Waals surface area contributed by atoms with Crippen molar-refractivity contribution in [3.8, 4) is 0 Å². The molecule has 0 N–H and O–H groups in total. The Bertz CT molecular complexity index is 303. The van der Waals surface area contributed by atoms with Crippen molar-refractivity contribution in [3.05, 3.63) is 22.9 Å². The van der Waals surface area contributed by atoms with Crippen LogP contribution in [-0.4, -0.2) is 22.9 Å². The number of alkyl halides is 1. The molecule has 1 aliphatic rings. The Balaban J connectivity index is 2.21. The Morgan fingerprint density at radius 1 is 1.54 bits per heavy atom. The number of halogens is 2. The van der Waals surface area contributed by atoms with Gasteiger partial charge >= 0.3 is 0 Å². The number of nitrogens with zero attached hydrogens (tertiary/aromatic N) is 2. The van der Waals surface area contributed by atoms with E-state index in [1.165, 1.54) is 12.1 Å². The maximum atomic E-state index is 4.05. The minimum Gasteiger partial charge on any atom is -0.369 e. The molecular formula is C9H10Br2N2. The van der Waals surface area contributed by atoms with Crippen molar-refractivity contribution in [1.82, 2.24) is 4.98 Å². The van der Waals surface area contributed by atoms with Crippen LogP contribution in [0.15, 0.2) is 22.9 Å². The highest BCUT2D eigenvalue weighted by molar-refractivity contribution is 9.10. The third-order valence-corrected chi connectivity index (χ3v) is 3.58. The first-order chi connectivity index (χ1) is 6.27. The fourth-order valence-corrected chi connectivity index (χ4v) is 2.62. The molecule has 1 aliphatic heterocycles. The molecule has 1 saturated heterocycles. The monoisotopic (exact) mass is 304 g/mol. The second-order valence-electron chi connectivity index (χ2n) is 3.16. The number of hydrogen-bond donors (Lipinski definition) is 0. The molecule has 70 valence electrons. The lowest BCUT2D eigenvalue weighted by Crippen LogP contribution is -2.19. The van der Waals surface area contributed by atoms with Gasteiger partial charge in [-0.05, 0) is 28.4 Å². The lowest BCUT2D eigenvalue weighted by molar-refractivity contribution is 0.960. The van der Waals surface area contributed by atoms with E-state index >= 15 is 0 Å². The standard InChI is InChI=1S/C9H10Br2N2/c10-7-2-4-13(6-7)9-1-3-12-5-8(9)11/h1,3,5,7H,2,4,6H2. The SMILES string of the molecule is Brc1cnccc1N1CCC(Br)C1. The van der Waals surface area contributed by atoms with Crippen LogP contribution in [0.4, 0.5) is 5.69 Å². The maximum absolute atomic E-state index is 4.05. The van der Waals surface area contributed by atoms with Crippen LogP contribution in [0.3, 0.4) is 0 Å². The average molecular weight is 306 g/mol. The van der Waals surface area contributed by atoms with Gasteiger partial charge in [0.2, 0.25) is 0 Å². The van der Waals surface area contributed by atoms with E-state index in [0.717, 1.165) is 17.6 Å². The van der Waals surface area contributed by atoms with Gasteiger partial charge in [-0.2, -0.15) is 0 Å². The van der Waals surface area contributed by atoms with Crippen molar-refractivity contribution in [2.24, 2.45) is 0 Å². The first kappa shape index (κ1) is 9.46. The first-order valence-electron chi connectivity index (χ1n) is 4.26. The maximum Gasteiger partial charge on any atom is 0.0592 e. The summed E-state index contributed by atoms with van der Waals surface area (Å²) in [5, 5.41) is 0. The lowest BCUT2D eigenvalue weighted by Gasteiger charge is -2.18. The van der Waals surface area contributed by atoms with Gasteiger partial charge in [0.1, 0.15) is 0 Å². The van der Waals surface area contributed by atoms with Crippen molar-refractivity contribution in [2.75, 3.05) is 18.0 Å². The Kier molecular flexibility index (Phi) is 2.89. The molecule has 2 rings (SSSR count). The summed E-state index contributed by atoms with van der Waals surface area (Å²) < 4.78 is 1.08. The van der Waals surface area contributed by atoms with E-state index in [2.05, 4.69) is 47.8 Å². The second kappa shape index (κ2) is 3.96. The van der Waals surface area contributed by atoms with Crippen LogP contribution in [0.5, 0.6) is 0 Å². The predicted octanol–water partition coefficient (Wildman–Crippen LogP) is 2.82. The number of pyridine rings is 1. The molecule has 0 aliphatic carbocycles. The quantitative estimate of drug-likeness (QED) is 0.742. The van der Waals surface area contributed by atoms with Crippen molar-refractivity contribution in [1.29, 1.82) is 0 Å². The molecule has 0 saturated carbocycles. The first-order valence-corrected chi connectivity index (χ1v) is 5.97. The zero-order valence-electron chi connectivity index (χ0n) is 7.08. The van der Waals surface area contributed by atoms with Crippen molar-refractivity contribution >= 4 is 37.5 Å². The minimum absolute atomic E-state index is 0.632. The van der Waals surface area contributed by atoms with Crippen LogP contribution in [0.1, 0.15) is 6.42 Å². The molecule has 2 nitrogen and oxygen atoms in total. The highest BCUT2D eigenvalue weighted by Gasteiger charge is 2.21. The summed E-state index contributed by atoms with van der Waals surface area (Å²) in [5.41, 5.74) is 1.25. The number of anilines is 1. The van der Waals surface area contributed by atoms with Gasteiger partial charge in [-0.25, -0.2) is 0 Å². The molecule has 1 aromatic heterocycles. The third kappa shape index (κ3) is 2.05. The van der Waals surface area contributed by atoms with Crippen molar-refractivity contribution in [2.45, 2.75) is 11.2 Å². The Morgan fingerprint density at radius 2 is 2.38 bits per heavy atom. The summed E-state index contributed by atoms with van der Waals surface area (Å²) in [6, 6.07) is 2.05. The van der Waals surface area contributed by atoms with Gasteiger partial charge in [-0.1, -0.05) is 15.9 Å². The molecule has 0 amide bonds. The van der Waals surface area contributed by atoms with Gasteiger partial charge in [0.05, 0.1) is 10.2 Å². The largest absolute Gasteiger partial charge is 0.369 e. The van der Waals surface area contributed by atoms with E-state index in [1.54, 1.807) is 0 Å². The molecule has 0 radical (unpaired) electrons. The van der Waals surface area contributed by atoms with E-state index in [1.807, 2.05) is 12.4 Å². The average Bonchev–Trinajstić information content (AvgIpc) is 2.53. The third-order valence-electron chi connectivity index (χ3n) is 2.22. The summed E-state index contributed by atoms with van der Waals surface area (Å²) >= 11 is 7.13. The molecule has 0 bridgehead atoms. The van der Waals surface area contributed by atoms with Crippen LogP contribution >= 0.6 is 31.9 Å². The Morgan fingerprint density at radius 3 is 3.00 bits per heavy atom. The van der Waals surface area contributed by atoms with Gasteiger partial charge in [0, 0.05) is 30.3 Å². The molecule has 4 heteroatoms. The number of rotatable bonds is 1. The van der Waals surface area contributed by atoms with Crippen molar-refractivity contribution < 1.29 is 0 Å². The molecule has 1 atom stereocenters. The Labute approximate surface area is 94.6 Å². The fourth-order valence-electron chi connectivity index (χ4n) is 1.56. The number of aromatic nitrogens is 1. The molecule has 0 aromatic carbocycles. The molecule has 1 aromatic rings. The zero-order valence-corrected chi connectivity index (χ0v) is 10.3. The topological polar surface area (TPSA) is 16.1 Å². The summed E-state index contributed by atoms with van der Waals surface area (Å²) in [6.45, 7) is 2.21. The van der Waals surface area contributed by atoms with Crippen molar-refractivity contribution in [3.63, 3.8) is 0 Å².